The van der Waals surface area contributed by atoms with Crippen LogP contribution in [0.15, 0.2) is 0 Å². The highest BCUT2D eigenvalue weighted by Gasteiger charge is 2.29. The van der Waals surface area contributed by atoms with Crippen molar-refractivity contribution in [2.45, 2.75) is 71.0 Å². The van der Waals surface area contributed by atoms with Gasteiger partial charge >= 0.3 is 0 Å². The lowest BCUT2D eigenvalue weighted by atomic mass is 9.86. The number of nitrogens with zero attached hydrogens (tertiary/aromatic N) is 1. The minimum Gasteiger partial charge on any atom is -0.394 e. The Kier molecular flexibility index (Phi) is 6.09. The van der Waals surface area contributed by atoms with Gasteiger partial charge in [0.05, 0.1) is 12.1 Å². The van der Waals surface area contributed by atoms with Gasteiger partial charge in [0.15, 0.2) is 0 Å². The molecule has 0 spiro atoms. The highest BCUT2D eigenvalue weighted by atomic mass is 16.3. The molecule has 18 heavy (non-hydrogen) atoms. The van der Waals surface area contributed by atoms with E-state index < -0.39 is 0 Å². The molecule has 0 aromatic carbocycles. The van der Waals surface area contributed by atoms with Crippen molar-refractivity contribution < 1.29 is 5.11 Å². The van der Waals surface area contributed by atoms with Gasteiger partial charge in [0.25, 0.3) is 0 Å². The van der Waals surface area contributed by atoms with Gasteiger partial charge in [0.1, 0.15) is 0 Å². The molecule has 108 valence electrons. The molecule has 1 rings (SSSR count). The van der Waals surface area contributed by atoms with Gasteiger partial charge in [-0.25, -0.2) is 0 Å². The molecule has 0 radical (unpaired) electrons. The van der Waals surface area contributed by atoms with Crippen LogP contribution in [-0.2, 0) is 0 Å². The Balaban J connectivity index is 2.48. The third-order valence-electron chi connectivity index (χ3n) is 4.19. The van der Waals surface area contributed by atoms with E-state index in [0.717, 1.165) is 12.5 Å². The van der Waals surface area contributed by atoms with Crippen LogP contribution in [0, 0.1) is 5.92 Å². The van der Waals surface area contributed by atoms with E-state index in [4.69, 9.17) is 0 Å². The number of nitrogens with one attached hydrogen (secondary N) is 1. The number of aliphatic hydroxyl groups is 1. The first kappa shape index (κ1) is 15.9. The Morgan fingerprint density at radius 3 is 2.28 bits per heavy atom. The average molecular weight is 256 g/mol. The SMILES string of the molecule is CC1CCC(N(C)CC(C)(CO)NC(C)C)CC1. The number of hydrogen-bond donors (Lipinski definition) is 2. The zero-order valence-corrected chi connectivity index (χ0v) is 12.9. The highest BCUT2D eigenvalue weighted by Crippen LogP contribution is 2.27. The second-order valence-electron chi connectivity index (χ2n) is 6.85. The summed E-state index contributed by atoms with van der Waals surface area (Å²) in [5.74, 6) is 0.896. The van der Waals surface area contributed by atoms with E-state index in [1.165, 1.54) is 25.7 Å². The zero-order valence-electron chi connectivity index (χ0n) is 12.9. The predicted octanol–water partition coefficient (Wildman–Crippen LogP) is 2.25. The maximum absolute atomic E-state index is 9.63. The first-order valence-electron chi connectivity index (χ1n) is 7.45. The molecule has 1 aliphatic rings. The Hall–Kier alpha value is -0.120. The lowest BCUT2D eigenvalue weighted by molar-refractivity contribution is 0.0877. The quantitative estimate of drug-likeness (QED) is 0.765. The predicted molar refractivity (Wildman–Crippen MR) is 77.8 cm³/mol. The van der Waals surface area contributed by atoms with E-state index >= 15 is 0 Å². The Bertz CT molecular complexity index is 237. The molecule has 0 aliphatic heterocycles. The number of likely N-dealkylation sites (N-methyl/N-ethyl adjacent to an activating group) is 1. The summed E-state index contributed by atoms with van der Waals surface area (Å²) >= 11 is 0. The van der Waals surface area contributed by atoms with Crippen LogP contribution in [-0.4, -0.2) is 47.8 Å². The topological polar surface area (TPSA) is 35.5 Å². The summed E-state index contributed by atoms with van der Waals surface area (Å²) < 4.78 is 0. The van der Waals surface area contributed by atoms with Crippen molar-refractivity contribution in [3.05, 3.63) is 0 Å². The summed E-state index contributed by atoms with van der Waals surface area (Å²) in [6, 6.07) is 1.10. The van der Waals surface area contributed by atoms with E-state index in [-0.39, 0.29) is 12.1 Å². The minimum absolute atomic E-state index is 0.189. The molecular formula is C15H32N2O. The largest absolute Gasteiger partial charge is 0.394 e. The maximum atomic E-state index is 9.63. The molecule has 0 bridgehead atoms. The third-order valence-corrected chi connectivity index (χ3v) is 4.19. The number of hydrogen-bond acceptors (Lipinski definition) is 3. The van der Waals surface area contributed by atoms with Crippen molar-refractivity contribution in [1.82, 2.24) is 10.2 Å². The van der Waals surface area contributed by atoms with Gasteiger partial charge in [-0.05, 0) is 45.6 Å². The Morgan fingerprint density at radius 1 is 1.28 bits per heavy atom. The van der Waals surface area contributed by atoms with Crippen molar-refractivity contribution in [3.8, 4) is 0 Å². The fourth-order valence-electron chi connectivity index (χ4n) is 3.20. The van der Waals surface area contributed by atoms with Crippen molar-refractivity contribution in [2.75, 3.05) is 20.2 Å². The van der Waals surface area contributed by atoms with Gasteiger partial charge in [0, 0.05) is 18.6 Å². The molecule has 0 saturated heterocycles. The second kappa shape index (κ2) is 6.88. The first-order chi connectivity index (χ1) is 8.36. The molecule has 1 unspecified atom stereocenters. The Labute approximate surface area is 113 Å². The molecule has 1 atom stereocenters. The van der Waals surface area contributed by atoms with E-state index in [2.05, 4.69) is 45.0 Å². The standard InChI is InChI=1S/C15H32N2O/c1-12(2)16-15(4,11-18)10-17(5)14-8-6-13(3)7-9-14/h12-14,16,18H,6-11H2,1-5H3. The van der Waals surface area contributed by atoms with Crippen LogP contribution < -0.4 is 5.32 Å². The van der Waals surface area contributed by atoms with Gasteiger partial charge < -0.3 is 15.3 Å². The molecule has 1 fully saturated rings. The highest BCUT2D eigenvalue weighted by molar-refractivity contribution is 4.89. The summed E-state index contributed by atoms with van der Waals surface area (Å²) in [7, 11) is 2.20. The van der Waals surface area contributed by atoms with Crippen LogP contribution in [0.2, 0.25) is 0 Å². The van der Waals surface area contributed by atoms with Gasteiger partial charge in [-0.2, -0.15) is 0 Å². The first-order valence-corrected chi connectivity index (χ1v) is 7.45. The van der Waals surface area contributed by atoms with Crippen LogP contribution in [0.1, 0.15) is 53.4 Å². The van der Waals surface area contributed by atoms with Gasteiger partial charge in [-0.1, -0.05) is 20.8 Å². The molecule has 0 amide bonds. The van der Waals surface area contributed by atoms with Crippen molar-refractivity contribution in [1.29, 1.82) is 0 Å². The van der Waals surface area contributed by atoms with E-state index in [0.29, 0.717) is 12.1 Å². The third kappa shape index (κ3) is 4.87. The summed E-state index contributed by atoms with van der Waals surface area (Å²) in [6.07, 6.45) is 5.31. The lowest BCUT2D eigenvalue weighted by Gasteiger charge is -2.40. The number of aliphatic hydroxyl groups excluding tert-OH is 1. The minimum atomic E-state index is -0.189. The van der Waals surface area contributed by atoms with Crippen LogP contribution in [0.3, 0.4) is 0 Å². The maximum Gasteiger partial charge on any atom is 0.0623 e. The van der Waals surface area contributed by atoms with Gasteiger partial charge in [-0.3, -0.25) is 0 Å². The van der Waals surface area contributed by atoms with Crippen molar-refractivity contribution >= 4 is 0 Å². The molecule has 1 aliphatic carbocycles. The van der Waals surface area contributed by atoms with Crippen LogP contribution >= 0.6 is 0 Å². The summed E-state index contributed by atoms with van der Waals surface area (Å²) in [5, 5.41) is 13.1. The molecule has 0 aromatic rings. The molecule has 3 heteroatoms. The van der Waals surface area contributed by atoms with Gasteiger partial charge in [0.2, 0.25) is 0 Å². The monoisotopic (exact) mass is 256 g/mol. The van der Waals surface area contributed by atoms with Crippen LogP contribution in [0.5, 0.6) is 0 Å². The number of rotatable bonds is 6. The van der Waals surface area contributed by atoms with E-state index in [1.807, 2.05) is 0 Å². The smallest absolute Gasteiger partial charge is 0.0623 e. The molecular weight excluding hydrogens is 224 g/mol. The van der Waals surface area contributed by atoms with Crippen molar-refractivity contribution in [2.24, 2.45) is 5.92 Å². The molecule has 3 nitrogen and oxygen atoms in total. The fraction of sp³-hybridized carbons (Fsp3) is 1.00. The average Bonchev–Trinajstić information content (AvgIpc) is 2.28. The van der Waals surface area contributed by atoms with E-state index in [9.17, 15) is 5.11 Å². The summed E-state index contributed by atoms with van der Waals surface area (Å²) in [5.41, 5.74) is -0.189. The van der Waals surface area contributed by atoms with Crippen LogP contribution in [0.25, 0.3) is 0 Å². The molecule has 0 heterocycles. The molecule has 1 saturated carbocycles. The second-order valence-corrected chi connectivity index (χ2v) is 6.85. The Morgan fingerprint density at radius 2 is 1.83 bits per heavy atom. The van der Waals surface area contributed by atoms with Crippen molar-refractivity contribution in [3.63, 3.8) is 0 Å². The molecule has 0 aromatic heterocycles. The zero-order chi connectivity index (χ0) is 13.8. The van der Waals surface area contributed by atoms with Crippen LogP contribution in [0.4, 0.5) is 0 Å². The van der Waals surface area contributed by atoms with E-state index in [1.54, 1.807) is 0 Å². The summed E-state index contributed by atoms with van der Waals surface area (Å²) in [6.45, 7) is 9.86. The fourth-order valence-corrected chi connectivity index (χ4v) is 3.20. The molecule has 2 N–H and O–H groups in total. The van der Waals surface area contributed by atoms with Gasteiger partial charge in [-0.15, -0.1) is 0 Å². The summed E-state index contributed by atoms with van der Waals surface area (Å²) in [4.78, 5) is 2.44. The lowest BCUT2D eigenvalue weighted by Crippen LogP contribution is -2.57. The normalized spacial score (nSPS) is 28.7.